The van der Waals surface area contributed by atoms with Crippen molar-refractivity contribution >= 4 is 23.1 Å². The first-order valence-corrected chi connectivity index (χ1v) is 5.27. The highest BCUT2D eigenvalue weighted by Crippen LogP contribution is 2.22. The van der Waals surface area contributed by atoms with Crippen LogP contribution in [0.2, 0.25) is 5.02 Å². The number of carbonyl (C=O) groups is 1. The number of aromatic nitrogens is 1. The van der Waals surface area contributed by atoms with Gasteiger partial charge in [0.05, 0.1) is 11.8 Å². The van der Waals surface area contributed by atoms with Gasteiger partial charge >= 0.3 is 0 Å². The summed E-state index contributed by atoms with van der Waals surface area (Å²) >= 11 is 5.69. The lowest BCUT2D eigenvalue weighted by molar-refractivity contribution is 0.103. The standard InChI is InChI=1S/C12H7ClF2N2O/c13-6-1-2-7(10(16)3-6)12(18)8-4-11(15)17-5-9(8)14/h1-5H,16H2. The maximum Gasteiger partial charge on any atom is 0.213 e. The van der Waals surface area contributed by atoms with Crippen LogP contribution < -0.4 is 5.73 Å². The first kappa shape index (κ1) is 12.4. The van der Waals surface area contributed by atoms with Crippen LogP contribution in [0.3, 0.4) is 0 Å². The molecule has 0 aliphatic carbocycles. The third kappa shape index (κ3) is 2.31. The molecule has 2 rings (SSSR count). The Morgan fingerprint density at radius 1 is 1.22 bits per heavy atom. The van der Waals surface area contributed by atoms with Crippen molar-refractivity contribution in [3.05, 3.63) is 58.4 Å². The highest BCUT2D eigenvalue weighted by molar-refractivity contribution is 6.31. The number of pyridine rings is 1. The molecule has 0 fully saturated rings. The Labute approximate surface area is 106 Å². The van der Waals surface area contributed by atoms with E-state index in [9.17, 15) is 13.6 Å². The molecule has 0 radical (unpaired) electrons. The third-order valence-electron chi connectivity index (χ3n) is 2.32. The molecule has 0 aliphatic rings. The lowest BCUT2D eigenvalue weighted by atomic mass is 10.0. The Kier molecular flexibility index (Phi) is 3.25. The van der Waals surface area contributed by atoms with Gasteiger partial charge in [0.2, 0.25) is 5.95 Å². The molecular formula is C12H7ClF2N2O. The van der Waals surface area contributed by atoms with Crippen molar-refractivity contribution in [2.45, 2.75) is 0 Å². The zero-order chi connectivity index (χ0) is 13.3. The van der Waals surface area contributed by atoms with E-state index in [2.05, 4.69) is 4.98 Å². The Morgan fingerprint density at radius 3 is 2.61 bits per heavy atom. The van der Waals surface area contributed by atoms with Crippen molar-refractivity contribution in [3.8, 4) is 0 Å². The van der Waals surface area contributed by atoms with Gasteiger partial charge in [-0.15, -0.1) is 0 Å². The van der Waals surface area contributed by atoms with E-state index in [4.69, 9.17) is 17.3 Å². The van der Waals surface area contributed by atoms with Crippen molar-refractivity contribution in [1.82, 2.24) is 4.98 Å². The molecule has 2 aromatic rings. The number of benzene rings is 1. The topological polar surface area (TPSA) is 56.0 Å². The maximum atomic E-state index is 13.4. The number of ketones is 1. The summed E-state index contributed by atoms with van der Waals surface area (Å²) in [6.07, 6.45) is 0.647. The second kappa shape index (κ2) is 4.70. The summed E-state index contributed by atoms with van der Waals surface area (Å²) in [4.78, 5) is 15.1. The zero-order valence-corrected chi connectivity index (χ0v) is 9.71. The number of anilines is 1. The van der Waals surface area contributed by atoms with Crippen molar-refractivity contribution in [3.63, 3.8) is 0 Å². The smallest absolute Gasteiger partial charge is 0.213 e. The molecule has 0 saturated carbocycles. The summed E-state index contributed by atoms with van der Waals surface area (Å²) in [7, 11) is 0. The van der Waals surface area contributed by atoms with Crippen molar-refractivity contribution < 1.29 is 13.6 Å². The van der Waals surface area contributed by atoms with Crippen LogP contribution in [0.25, 0.3) is 0 Å². The van der Waals surface area contributed by atoms with Crippen molar-refractivity contribution in [2.75, 3.05) is 5.73 Å². The van der Waals surface area contributed by atoms with Crippen LogP contribution in [-0.2, 0) is 0 Å². The lowest BCUT2D eigenvalue weighted by Gasteiger charge is -2.06. The molecule has 92 valence electrons. The summed E-state index contributed by atoms with van der Waals surface area (Å²) in [5, 5.41) is 0.352. The van der Waals surface area contributed by atoms with E-state index in [1.807, 2.05) is 0 Å². The average Bonchev–Trinajstić information content (AvgIpc) is 2.31. The highest BCUT2D eigenvalue weighted by atomic mass is 35.5. The number of nitrogen functional groups attached to an aromatic ring is 1. The average molecular weight is 269 g/mol. The van der Waals surface area contributed by atoms with Gasteiger partial charge in [-0.2, -0.15) is 4.39 Å². The highest BCUT2D eigenvalue weighted by Gasteiger charge is 2.17. The fourth-order valence-electron chi connectivity index (χ4n) is 1.47. The second-order valence-electron chi connectivity index (χ2n) is 3.55. The van der Waals surface area contributed by atoms with Gasteiger partial charge in [0, 0.05) is 22.3 Å². The van der Waals surface area contributed by atoms with Crippen LogP contribution in [0.5, 0.6) is 0 Å². The zero-order valence-electron chi connectivity index (χ0n) is 8.95. The molecule has 3 nitrogen and oxygen atoms in total. The summed E-state index contributed by atoms with van der Waals surface area (Å²) in [5.41, 5.74) is 5.35. The molecule has 0 atom stereocenters. The number of hydrogen-bond donors (Lipinski definition) is 1. The van der Waals surface area contributed by atoms with Crippen LogP contribution >= 0.6 is 11.6 Å². The van der Waals surface area contributed by atoms with Crippen LogP contribution in [0.4, 0.5) is 14.5 Å². The molecular weight excluding hydrogens is 262 g/mol. The quantitative estimate of drug-likeness (QED) is 0.518. The van der Waals surface area contributed by atoms with Gasteiger partial charge < -0.3 is 5.73 Å². The van der Waals surface area contributed by atoms with Crippen molar-refractivity contribution in [2.24, 2.45) is 0 Å². The summed E-state index contributed by atoms with van der Waals surface area (Å²) < 4.78 is 26.3. The molecule has 0 bridgehead atoms. The number of halogens is 3. The maximum absolute atomic E-state index is 13.4. The Bertz CT molecular complexity index is 631. The molecule has 18 heavy (non-hydrogen) atoms. The molecule has 0 saturated heterocycles. The number of carbonyl (C=O) groups excluding carboxylic acids is 1. The van der Waals surface area contributed by atoms with Gasteiger partial charge in [-0.25, -0.2) is 9.37 Å². The van der Waals surface area contributed by atoms with Crippen LogP contribution in [0.1, 0.15) is 15.9 Å². The molecule has 0 unspecified atom stereocenters. The molecule has 0 aliphatic heterocycles. The van der Waals surface area contributed by atoms with E-state index in [1.165, 1.54) is 18.2 Å². The number of hydrogen-bond acceptors (Lipinski definition) is 3. The van der Waals surface area contributed by atoms with Gasteiger partial charge in [0.15, 0.2) is 11.6 Å². The molecule has 0 amide bonds. The second-order valence-corrected chi connectivity index (χ2v) is 3.98. The molecule has 2 N–H and O–H groups in total. The fourth-order valence-corrected chi connectivity index (χ4v) is 1.65. The SMILES string of the molecule is Nc1cc(Cl)ccc1C(=O)c1cc(F)ncc1F. The minimum Gasteiger partial charge on any atom is -0.398 e. The number of nitrogens with two attached hydrogens (primary N) is 1. The van der Waals surface area contributed by atoms with Gasteiger partial charge in [0.25, 0.3) is 0 Å². The van der Waals surface area contributed by atoms with Crippen LogP contribution in [0, 0.1) is 11.8 Å². The summed E-state index contributed by atoms with van der Waals surface area (Å²) in [6, 6.07) is 4.90. The summed E-state index contributed by atoms with van der Waals surface area (Å²) in [5.74, 6) is -2.56. The lowest BCUT2D eigenvalue weighted by Crippen LogP contribution is -2.08. The van der Waals surface area contributed by atoms with E-state index in [0.717, 1.165) is 6.07 Å². The van der Waals surface area contributed by atoms with Crippen LogP contribution in [-0.4, -0.2) is 10.8 Å². The molecule has 1 aromatic heterocycles. The van der Waals surface area contributed by atoms with Crippen LogP contribution in [0.15, 0.2) is 30.5 Å². The largest absolute Gasteiger partial charge is 0.398 e. The number of rotatable bonds is 2. The van der Waals surface area contributed by atoms with E-state index in [0.29, 0.717) is 11.2 Å². The van der Waals surface area contributed by atoms with E-state index in [-0.39, 0.29) is 11.3 Å². The Balaban J connectivity index is 2.51. The normalized spacial score (nSPS) is 10.4. The third-order valence-corrected chi connectivity index (χ3v) is 2.56. The first-order chi connectivity index (χ1) is 8.49. The Hall–Kier alpha value is -2.01. The monoisotopic (exact) mass is 268 g/mol. The van der Waals surface area contributed by atoms with Gasteiger partial charge in [-0.3, -0.25) is 4.79 Å². The van der Waals surface area contributed by atoms with Gasteiger partial charge in [0.1, 0.15) is 0 Å². The van der Waals surface area contributed by atoms with Gasteiger partial charge in [-0.1, -0.05) is 11.6 Å². The predicted molar refractivity (Wildman–Crippen MR) is 63.4 cm³/mol. The van der Waals surface area contributed by atoms with E-state index >= 15 is 0 Å². The predicted octanol–water partition coefficient (Wildman–Crippen LogP) is 2.83. The Morgan fingerprint density at radius 2 is 1.94 bits per heavy atom. The van der Waals surface area contributed by atoms with E-state index < -0.39 is 23.1 Å². The molecule has 1 aromatic carbocycles. The molecule has 0 spiro atoms. The first-order valence-electron chi connectivity index (χ1n) is 4.90. The molecule has 6 heteroatoms. The van der Waals surface area contributed by atoms with Crippen molar-refractivity contribution in [1.29, 1.82) is 0 Å². The fraction of sp³-hybridized carbons (Fsp3) is 0. The van der Waals surface area contributed by atoms with E-state index in [1.54, 1.807) is 0 Å². The number of nitrogens with zero attached hydrogens (tertiary/aromatic N) is 1. The van der Waals surface area contributed by atoms with Gasteiger partial charge in [-0.05, 0) is 18.2 Å². The summed E-state index contributed by atoms with van der Waals surface area (Å²) in [6.45, 7) is 0. The molecule has 1 heterocycles. The minimum atomic E-state index is -0.938. The minimum absolute atomic E-state index is 0.0592.